The smallest absolute Gasteiger partial charge is 0.349 e. The molecule has 0 aromatic carbocycles. The van der Waals surface area contributed by atoms with Crippen molar-refractivity contribution in [3.8, 4) is 5.75 Å². The fraction of sp³-hybridized carbons (Fsp3) is 0.667. The summed E-state index contributed by atoms with van der Waals surface area (Å²) in [6.07, 6.45) is 4.63. The Morgan fingerprint density at radius 1 is 1.40 bits per heavy atom. The molecule has 5 heteroatoms. The van der Waals surface area contributed by atoms with E-state index in [9.17, 15) is 15.0 Å². The predicted molar refractivity (Wildman–Crippen MR) is 78.9 cm³/mol. The lowest BCUT2D eigenvalue weighted by Crippen LogP contribution is -2.38. The van der Waals surface area contributed by atoms with Gasteiger partial charge in [0.15, 0.2) is 4.88 Å². The van der Waals surface area contributed by atoms with E-state index in [0.717, 1.165) is 37.0 Å². The Balaban J connectivity index is 2.09. The third-order valence-electron chi connectivity index (χ3n) is 3.76. The number of carboxylic acid groups (broad SMARTS) is 1. The molecule has 1 aliphatic rings. The van der Waals surface area contributed by atoms with Crippen molar-refractivity contribution >= 4 is 17.3 Å². The van der Waals surface area contributed by atoms with Crippen LogP contribution in [0.4, 0.5) is 0 Å². The molecule has 0 saturated heterocycles. The lowest BCUT2D eigenvalue weighted by Gasteiger charge is -2.31. The summed E-state index contributed by atoms with van der Waals surface area (Å²) in [7, 11) is 0. The van der Waals surface area contributed by atoms with Crippen LogP contribution in [0.2, 0.25) is 0 Å². The third-order valence-corrected chi connectivity index (χ3v) is 5.17. The number of carbonyl (C=O) groups is 1. The maximum atomic E-state index is 11.3. The molecular formula is C15H22O4S. The van der Waals surface area contributed by atoms with Gasteiger partial charge < -0.3 is 14.9 Å². The molecule has 0 aliphatic heterocycles. The normalized spacial score (nSPS) is 18.2. The van der Waals surface area contributed by atoms with Gasteiger partial charge in [-0.25, -0.2) is 4.79 Å². The standard InChI is InChI=1S/C15H22O4S/c1-10(2)12-8-11(13(20-12)14(16)17)19-9-15(18)6-4-3-5-7-15/h8,10,18H,3-7,9H2,1-2H3,(H,16,17). The van der Waals surface area contributed by atoms with E-state index in [4.69, 9.17) is 4.74 Å². The zero-order valence-electron chi connectivity index (χ0n) is 12.0. The van der Waals surface area contributed by atoms with Crippen LogP contribution in [-0.2, 0) is 0 Å². The second kappa shape index (κ2) is 6.14. The quantitative estimate of drug-likeness (QED) is 0.871. The Bertz CT molecular complexity index is 472. The van der Waals surface area contributed by atoms with Gasteiger partial charge in [-0.3, -0.25) is 0 Å². The van der Waals surface area contributed by atoms with E-state index in [0.29, 0.717) is 5.75 Å². The third kappa shape index (κ3) is 3.52. The molecule has 0 atom stereocenters. The van der Waals surface area contributed by atoms with E-state index < -0.39 is 11.6 Å². The number of carboxylic acids is 1. The Labute approximate surface area is 123 Å². The van der Waals surface area contributed by atoms with Gasteiger partial charge in [0.05, 0.1) is 5.60 Å². The molecule has 1 heterocycles. The first-order valence-corrected chi connectivity index (χ1v) is 7.95. The van der Waals surface area contributed by atoms with Gasteiger partial charge in [-0.15, -0.1) is 11.3 Å². The maximum Gasteiger partial charge on any atom is 0.349 e. The van der Waals surface area contributed by atoms with Gasteiger partial charge in [-0.05, 0) is 24.8 Å². The predicted octanol–water partition coefficient (Wildman–Crippen LogP) is 3.64. The van der Waals surface area contributed by atoms with Crippen molar-refractivity contribution in [2.45, 2.75) is 57.5 Å². The number of thiophene rings is 1. The van der Waals surface area contributed by atoms with E-state index in [-0.39, 0.29) is 17.4 Å². The maximum absolute atomic E-state index is 11.3. The first kappa shape index (κ1) is 15.3. The molecule has 1 fully saturated rings. The number of rotatable bonds is 5. The SMILES string of the molecule is CC(C)c1cc(OCC2(O)CCCCC2)c(C(=O)O)s1. The highest BCUT2D eigenvalue weighted by Crippen LogP contribution is 2.35. The van der Waals surface area contributed by atoms with E-state index in [2.05, 4.69) is 0 Å². The Morgan fingerprint density at radius 2 is 2.05 bits per heavy atom. The fourth-order valence-electron chi connectivity index (χ4n) is 2.50. The lowest BCUT2D eigenvalue weighted by atomic mass is 9.85. The lowest BCUT2D eigenvalue weighted by molar-refractivity contribution is -0.0340. The molecule has 0 radical (unpaired) electrons. The molecular weight excluding hydrogens is 276 g/mol. The van der Waals surface area contributed by atoms with E-state index in [1.807, 2.05) is 13.8 Å². The van der Waals surface area contributed by atoms with Gasteiger partial charge in [-0.2, -0.15) is 0 Å². The van der Waals surface area contributed by atoms with Crippen LogP contribution in [0.5, 0.6) is 5.75 Å². The molecule has 0 spiro atoms. The van der Waals surface area contributed by atoms with Crippen molar-refractivity contribution in [3.05, 3.63) is 15.8 Å². The van der Waals surface area contributed by atoms with Gasteiger partial charge in [0.25, 0.3) is 0 Å². The Hall–Kier alpha value is -1.07. The van der Waals surface area contributed by atoms with Gasteiger partial charge in [0.1, 0.15) is 12.4 Å². The zero-order chi connectivity index (χ0) is 14.8. The van der Waals surface area contributed by atoms with Crippen LogP contribution < -0.4 is 4.74 Å². The highest BCUT2D eigenvalue weighted by atomic mass is 32.1. The molecule has 2 N–H and O–H groups in total. The summed E-state index contributed by atoms with van der Waals surface area (Å²) in [6, 6.07) is 1.80. The number of hydrogen-bond acceptors (Lipinski definition) is 4. The molecule has 1 aromatic heterocycles. The molecule has 2 rings (SSSR count). The van der Waals surface area contributed by atoms with Gasteiger partial charge in [0.2, 0.25) is 0 Å². The van der Waals surface area contributed by atoms with Crippen LogP contribution in [0, 0.1) is 0 Å². The van der Waals surface area contributed by atoms with Crippen LogP contribution in [0.15, 0.2) is 6.07 Å². The van der Waals surface area contributed by atoms with Crippen molar-refractivity contribution in [2.75, 3.05) is 6.61 Å². The molecule has 112 valence electrons. The van der Waals surface area contributed by atoms with Crippen LogP contribution in [0.3, 0.4) is 0 Å². The largest absolute Gasteiger partial charge is 0.489 e. The minimum Gasteiger partial charge on any atom is -0.489 e. The van der Waals surface area contributed by atoms with E-state index in [1.165, 1.54) is 11.3 Å². The van der Waals surface area contributed by atoms with Crippen molar-refractivity contribution in [3.63, 3.8) is 0 Å². The topological polar surface area (TPSA) is 66.8 Å². The van der Waals surface area contributed by atoms with Gasteiger partial charge in [-0.1, -0.05) is 33.1 Å². The zero-order valence-corrected chi connectivity index (χ0v) is 12.8. The summed E-state index contributed by atoms with van der Waals surface area (Å²) in [5, 5.41) is 19.6. The molecule has 4 nitrogen and oxygen atoms in total. The van der Waals surface area contributed by atoms with Crippen molar-refractivity contribution in [1.29, 1.82) is 0 Å². The minimum atomic E-state index is -0.965. The molecule has 1 aromatic rings. The first-order chi connectivity index (χ1) is 9.41. The summed E-state index contributed by atoms with van der Waals surface area (Å²) < 4.78 is 5.65. The molecule has 1 saturated carbocycles. The highest BCUT2D eigenvalue weighted by molar-refractivity contribution is 7.14. The second-order valence-corrected chi connectivity index (χ2v) is 6.96. The van der Waals surface area contributed by atoms with Crippen LogP contribution in [-0.4, -0.2) is 28.4 Å². The molecule has 1 aliphatic carbocycles. The number of aromatic carboxylic acids is 1. The first-order valence-electron chi connectivity index (χ1n) is 7.13. The molecule has 0 bridgehead atoms. The van der Waals surface area contributed by atoms with E-state index in [1.54, 1.807) is 6.07 Å². The Morgan fingerprint density at radius 3 is 2.60 bits per heavy atom. The summed E-state index contributed by atoms with van der Waals surface area (Å²) in [5.74, 6) is -0.300. The van der Waals surface area contributed by atoms with Gasteiger partial charge in [0, 0.05) is 4.88 Å². The van der Waals surface area contributed by atoms with Crippen molar-refractivity contribution < 1.29 is 19.7 Å². The second-order valence-electron chi connectivity index (χ2n) is 5.88. The number of ether oxygens (including phenoxy) is 1. The van der Waals surface area contributed by atoms with Crippen molar-refractivity contribution in [1.82, 2.24) is 0 Å². The fourth-order valence-corrected chi connectivity index (χ4v) is 3.44. The van der Waals surface area contributed by atoms with Crippen LogP contribution in [0.1, 0.15) is 66.4 Å². The number of hydrogen-bond donors (Lipinski definition) is 2. The van der Waals surface area contributed by atoms with Crippen LogP contribution >= 0.6 is 11.3 Å². The van der Waals surface area contributed by atoms with Crippen LogP contribution in [0.25, 0.3) is 0 Å². The summed E-state index contributed by atoms with van der Waals surface area (Å²) in [5.41, 5.74) is -0.798. The molecule has 20 heavy (non-hydrogen) atoms. The summed E-state index contributed by atoms with van der Waals surface area (Å²) in [4.78, 5) is 12.5. The summed E-state index contributed by atoms with van der Waals surface area (Å²) >= 11 is 1.26. The van der Waals surface area contributed by atoms with Crippen molar-refractivity contribution in [2.24, 2.45) is 0 Å². The molecule has 0 amide bonds. The average molecular weight is 298 g/mol. The van der Waals surface area contributed by atoms with Gasteiger partial charge >= 0.3 is 5.97 Å². The highest BCUT2D eigenvalue weighted by Gasteiger charge is 2.31. The Kier molecular flexibility index (Phi) is 4.70. The molecule has 0 unspecified atom stereocenters. The average Bonchev–Trinajstić information content (AvgIpc) is 2.82. The van der Waals surface area contributed by atoms with E-state index >= 15 is 0 Å². The number of aliphatic hydroxyl groups is 1. The minimum absolute atomic E-state index is 0.182. The monoisotopic (exact) mass is 298 g/mol. The summed E-state index contributed by atoms with van der Waals surface area (Å²) in [6.45, 7) is 4.23.